The van der Waals surface area contributed by atoms with Crippen LogP contribution in [-0.4, -0.2) is 51.7 Å². The van der Waals surface area contributed by atoms with Crippen LogP contribution in [0.3, 0.4) is 0 Å². The number of rotatable bonds is 7. The molecule has 3 N–H and O–H groups in total. The second kappa shape index (κ2) is 10.0. The monoisotopic (exact) mass is 402 g/mol. The molecule has 1 aromatic carbocycles. The lowest BCUT2D eigenvalue weighted by molar-refractivity contribution is -0.131. The Balaban J connectivity index is 1.48. The molecule has 1 aromatic heterocycles. The van der Waals surface area contributed by atoms with Crippen molar-refractivity contribution in [3.05, 3.63) is 59.9 Å². The molecule has 9 heteroatoms. The Morgan fingerprint density at radius 2 is 2.07 bits per heavy atom. The number of aromatic nitrogens is 2. The molecule has 0 radical (unpaired) electrons. The van der Waals surface area contributed by atoms with Gasteiger partial charge in [0.05, 0.1) is 31.4 Å². The van der Waals surface area contributed by atoms with Gasteiger partial charge < -0.3 is 20.5 Å². The van der Waals surface area contributed by atoms with Gasteiger partial charge in [-0.15, -0.1) is 0 Å². The fourth-order valence-electron chi connectivity index (χ4n) is 3.22. The van der Waals surface area contributed by atoms with E-state index < -0.39 is 24.2 Å². The Bertz CT molecular complexity index is 836. The summed E-state index contributed by atoms with van der Waals surface area (Å²) >= 11 is 0. The van der Waals surface area contributed by atoms with E-state index >= 15 is 0 Å². The number of nitrogens with one attached hydrogen (secondary N) is 2. The molecule has 2 heterocycles. The summed E-state index contributed by atoms with van der Waals surface area (Å²) in [5, 5.41) is 15.1. The zero-order valence-corrected chi connectivity index (χ0v) is 15.8. The zero-order chi connectivity index (χ0) is 20.6. The van der Waals surface area contributed by atoms with E-state index in [4.69, 9.17) is 4.74 Å². The van der Waals surface area contributed by atoms with Gasteiger partial charge in [0.2, 0.25) is 5.91 Å². The van der Waals surface area contributed by atoms with Gasteiger partial charge in [0.1, 0.15) is 17.6 Å². The van der Waals surface area contributed by atoms with Gasteiger partial charge in [0, 0.05) is 24.5 Å². The summed E-state index contributed by atoms with van der Waals surface area (Å²) in [7, 11) is 0. The predicted octanol–water partition coefficient (Wildman–Crippen LogP) is 0.961. The number of carbonyl (C=O) groups is 2. The number of benzene rings is 1. The molecule has 0 saturated carbocycles. The third kappa shape index (κ3) is 5.78. The molecule has 154 valence electrons. The highest BCUT2D eigenvalue weighted by atomic mass is 19.1. The smallest absolute Gasteiger partial charge is 0.271 e. The lowest BCUT2D eigenvalue weighted by atomic mass is 9.96. The maximum Gasteiger partial charge on any atom is 0.271 e. The highest BCUT2D eigenvalue weighted by Gasteiger charge is 2.33. The average molecular weight is 402 g/mol. The number of ether oxygens (including phenoxy) is 1. The predicted molar refractivity (Wildman–Crippen MR) is 101 cm³/mol. The fourth-order valence-corrected chi connectivity index (χ4v) is 3.22. The van der Waals surface area contributed by atoms with Crippen LogP contribution in [0.2, 0.25) is 0 Å². The topological polar surface area (TPSA) is 113 Å². The number of hydrogen-bond acceptors (Lipinski definition) is 6. The van der Waals surface area contributed by atoms with E-state index in [1.807, 2.05) is 0 Å². The summed E-state index contributed by atoms with van der Waals surface area (Å²) in [5.74, 6) is -1.04. The first-order chi connectivity index (χ1) is 14.1. The van der Waals surface area contributed by atoms with Crippen molar-refractivity contribution in [3.63, 3.8) is 0 Å². The quantitative estimate of drug-likeness (QED) is 0.636. The van der Waals surface area contributed by atoms with Crippen LogP contribution in [0.25, 0.3) is 0 Å². The summed E-state index contributed by atoms with van der Waals surface area (Å²) in [4.78, 5) is 32.2. The van der Waals surface area contributed by atoms with Gasteiger partial charge >= 0.3 is 0 Å². The SMILES string of the molecule is O=C(C[C@@H]1CC[C@@H](NC(=O)c2cnccn2)[C@H](CO)O1)NCc1ccccc1F. The number of carbonyl (C=O) groups excluding carboxylic acids is 2. The first-order valence-corrected chi connectivity index (χ1v) is 9.40. The highest BCUT2D eigenvalue weighted by Crippen LogP contribution is 2.22. The Labute approximate surface area is 167 Å². The third-order valence-corrected chi connectivity index (χ3v) is 4.75. The minimum absolute atomic E-state index is 0.0930. The largest absolute Gasteiger partial charge is 0.394 e. The molecule has 1 aliphatic heterocycles. The van der Waals surface area contributed by atoms with Crippen LogP contribution in [0.15, 0.2) is 42.9 Å². The van der Waals surface area contributed by atoms with E-state index in [2.05, 4.69) is 20.6 Å². The Hall–Kier alpha value is -2.91. The third-order valence-electron chi connectivity index (χ3n) is 4.75. The summed E-state index contributed by atoms with van der Waals surface area (Å²) < 4.78 is 19.4. The first kappa shape index (κ1) is 20.8. The Morgan fingerprint density at radius 1 is 1.24 bits per heavy atom. The van der Waals surface area contributed by atoms with E-state index in [9.17, 15) is 19.1 Å². The normalized spacial score (nSPS) is 21.4. The lowest BCUT2D eigenvalue weighted by Gasteiger charge is -2.35. The summed E-state index contributed by atoms with van der Waals surface area (Å²) in [5.41, 5.74) is 0.587. The number of aliphatic hydroxyl groups is 1. The Kier molecular flexibility index (Phi) is 7.20. The van der Waals surface area contributed by atoms with Gasteiger partial charge in [-0.25, -0.2) is 9.37 Å². The van der Waals surface area contributed by atoms with Crippen molar-refractivity contribution < 1.29 is 23.8 Å². The van der Waals surface area contributed by atoms with E-state index in [-0.39, 0.29) is 37.0 Å². The standard InChI is InChI=1S/C20H23FN4O4/c21-15-4-2-1-3-13(15)10-24-19(27)9-14-5-6-16(18(12-26)29-14)25-20(28)17-11-22-7-8-23-17/h1-4,7-8,11,14,16,18,26H,5-6,9-10,12H2,(H,24,27)(H,25,28)/t14-,16+,18-/m0/s1. The van der Waals surface area contributed by atoms with Gasteiger partial charge in [-0.3, -0.25) is 14.6 Å². The second-order valence-electron chi connectivity index (χ2n) is 6.80. The molecule has 0 aliphatic carbocycles. The molecule has 29 heavy (non-hydrogen) atoms. The minimum Gasteiger partial charge on any atom is -0.394 e. The number of hydrogen-bond donors (Lipinski definition) is 3. The van der Waals surface area contributed by atoms with E-state index in [1.54, 1.807) is 18.2 Å². The maximum absolute atomic E-state index is 13.6. The van der Waals surface area contributed by atoms with Crippen molar-refractivity contribution in [2.45, 2.75) is 44.1 Å². The summed E-state index contributed by atoms with van der Waals surface area (Å²) in [6.07, 6.45) is 4.40. The molecule has 3 rings (SSSR count). The van der Waals surface area contributed by atoms with Gasteiger partial charge in [-0.05, 0) is 18.9 Å². The van der Waals surface area contributed by atoms with Crippen molar-refractivity contribution in [3.8, 4) is 0 Å². The second-order valence-corrected chi connectivity index (χ2v) is 6.80. The zero-order valence-electron chi connectivity index (χ0n) is 15.8. The molecule has 2 aromatic rings. The van der Waals surface area contributed by atoms with Gasteiger partial charge in [0.25, 0.3) is 5.91 Å². The number of amides is 2. The molecular formula is C20H23FN4O4. The molecular weight excluding hydrogens is 379 g/mol. The van der Waals surface area contributed by atoms with Crippen LogP contribution < -0.4 is 10.6 Å². The molecule has 3 atom stereocenters. The van der Waals surface area contributed by atoms with Crippen LogP contribution in [-0.2, 0) is 16.1 Å². The molecule has 0 bridgehead atoms. The van der Waals surface area contributed by atoms with Crippen molar-refractivity contribution >= 4 is 11.8 Å². The molecule has 1 fully saturated rings. The first-order valence-electron chi connectivity index (χ1n) is 9.40. The molecule has 0 spiro atoms. The maximum atomic E-state index is 13.6. The molecule has 1 saturated heterocycles. The highest BCUT2D eigenvalue weighted by molar-refractivity contribution is 5.92. The van der Waals surface area contributed by atoms with Crippen molar-refractivity contribution in [2.75, 3.05) is 6.61 Å². The van der Waals surface area contributed by atoms with E-state index in [0.717, 1.165) is 0 Å². The van der Waals surface area contributed by atoms with Gasteiger partial charge in [-0.1, -0.05) is 18.2 Å². The van der Waals surface area contributed by atoms with E-state index in [1.165, 1.54) is 24.7 Å². The van der Waals surface area contributed by atoms with Crippen LogP contribution in [0.1, 0.15) is 35.3 Å². The van der Waals surface area contributed by atoms with Crippen LogP contribution in [0, 0.1) is 5.82 Å². The van der Waals surface area contributed by atoms with Crippen molar-refractivity contribution in [2.24, 2.45) is 0 Å². The van der Waals surface area contributed by atoms with Crippen LogP contribution >= 0.6 is 0 Å². The minimum atomic E-state index is -0.631. The Morgan fingerprint density at radius 3 is 2.79 bits per heavy atom. The average Bonchev–Trinajstić information content (AvgIpc) is 2.74. The van der Waals surface area contributed by atoms with Crippen LogP contribution in [0.4, 0.5) is 4.39 Å². The summed E-state index contributed by atoms with van der Waals surface area (Å²) in [6.45, 7) is -0.197. The van der Waals surface area contributed by atoms with Gasteiger partial charge in [-0.2, -0.15) is 0 Å². The fraction of sp³-hybridized carbons (Fsp3) is 0.400. The van der Waals surface area contributed by atoms with E-state index in [0.29, 0.717) is 18.4 Å². The van der Waals surface area contributed by atoms with Crippen LogP contribution in [0.5, 0.6) is 0 Å². The summed E-state index contributed by atoms with van der Waals surface area (Å²) in [6, 6.07) is 5.85. The van der Waals surface area contributed by atoms with Gasteiger partial charge in [0.15, 0.2) is 0 Å². The molecule has 0 unspecified atom stereocenters. The molecule has 2 amide bonds. The van der Waals surface area contributed by atoms with Crippen molar-refractivity contribution in [1.29, 1.82) is 0 Å². The molecule has 1 aliphatic rings. The molecule has 8 nitrogen and oxygen atoms in total. The number of aliphatic hydroxyl groups excluding tert-OH is 1. The van der Waals surface area contributed by atoms with Crippen molar-refractivity contribution in [1.82, 2.24) is 20.6 Å². The number of halogens is 1. The lowest BCUT2D eigenvalue weighted by Crippen LogP contribution is -2.51. The number of nitrogens with zero attached hydrogens (tertiary/aromatic N) is 2.